The van der Waals surface area contributed by atoms with Crippen LogP contribution in [0.4, 0.5) is 0 Å². The number of aromatic nitrogens is 2. The fraction of sp³-hybridized carbons (Fsp3) is 0.111. The van der Waals surface area contributed by atoms with Gasteiger partial charge in [-0.25, -0.2) is 20.0 Å². The van der Waals surface area contributed by atoms with Gasteiger partial charge in [0.15, 0.2) is 5.84 Å². The summed E-state index contributed by atoms with van der Waals surface area (Å²) >= 11 is 0. The number of rotatable bonds is 7. The molecule has 2 heterocycles. The maximum absolute atomic E-state index is 5.41. The minimum Gasteiger partial charge on any atom is -0.245 e. The van der Waals surface area contributed by atoms with Gasteiger partial charge in [-0.2, -0.15) is 0 Å². The van der Waals surface area contributed by atoms with Crippen molar-refractivity contribution in [3.63, 3.8) is 0 Å². The molecule has 0 atom stereocenters. The fourth-order valence-corrected chi connectivity index (χ4v) is 8.66. The zero-order chi connectivity index (χ0) is 39.0. The minimum atomic E-state index is 0.618. The second-order valence-electron chi connectivity index (χ2n) is 15.4. The first-order chi connectivity index (χ1) is 28.6. The lowest BCUT2D eigenvalue weighted by atomic mass is 9.90. The number of fused-ring (bicyclic) bond motifs is 5. The Kier molecular flexibility index (Phi) is 9.23. The Hall–Kier alpha value is -7.04. The normalized spacial score (nSPS) is 14.2. The Labute approximate surface area is 339 Å². The van der Waals surface area contributed by atoms with Crippen LogP contribution >= 0.6 is 0 Å². The summed E-state index contributed by atoms with van der Waals surface area (Å²) in [5.74, 6) is 0.618. The zero-order valence-electron chi connectivity index (χ0n) is 32.6. The first kappa shape index (κ1) is 35.4. The third-order valence-corrected chi connectivity index (χ3v) is 11.7. The first-order valence-corrected chi connectivity index (χ1v) is 20.2. The number of benzene rings is 6. The van der Waals surface area contributed by atoms with Crippen LogP contribution in [0.25, 0.3) is 66.7 Å². The summed E-state index contributed by atoms with van der Waals surface area (Å²) in [5.41, 5.74) is 18.7. The van der Waals surface area contributed by atoms with E-state index in [1.807, 2.05) is 54.6 Å². The van der Waals surface area contributed by atoms with Gasteiger partial charge in [-0.3, -0.25) is 0 Å². The lowest BCUT2D eigenvalue weighted by molar-refractivity contribution is 0.711. The van der Waals surface area contributed by atoms with E-state index in [0.29, 0.717) is 11.5 Å². The zero-order valence-corrected chi connectivity index (χ0v) is 32.6. The van der Waals surface area contributed by atoms with E-state index < -0.39 is 0 Å². The van der Waals surface area contributed by atoms with E-state index in [-0.39, 0.29) is 0 Å². The third kappa shape index (κ3) is 6.77. The van der Waals surface area contributed by atoms with Crippen LogP contribution in [0.5, 0.6) is 0 Å². The smallest absolute Gasteiger partial charge is 0.160 e. The Morgan fingerprint density at radius 1 is 0.517 bits per heavy atom. The van der Waals surface area contributed by atoms with Gasteiger partial charge in [0.05, 0.1) is 28.1 Å². The van der Waals surface area contributed by atoms with E-state index in [2.05, 4.69) is 123 Å². The fourth-order valence-electron chi connectivity index (χ4n) is 8.66. The van der Waals surface area contributed by atoms with Gasteiger partial charge in [0.2, 0.25) is 0 Å². The predicted molar refractivity (Wildman–Crippen MR) is 243 cm³/mol. The van der Waals surface area contributed by atoms with E-state index >= 15 is 0 Å². The largest absolute Gasteiger partial charge is 0.245 e. The van der Waals surface area contributed by atoms with Gasteiger partial charge < -0.3 is 0 Å². The van der Waals surface area contributed by atoms with Crippen LogP contribution in [-0.4, -0.2) is 21.5 Å². The molecule has 0 saturated carbocycles. The molecule has 0 unspecified atom stereocenters. The van der Waals surface area contributed by atoms with Crippen LogP contribution in [0.2, 0.25) is 0 Å². The van der Waals surface area contributed by atoms with Crippen LogP contribution in [0.3, 0.4) is 0 Å². The Bertz CT molecular complexity index is 2980. The molecule has 0 amide bonds. The van der Waals surface area contributed by atoms with E-state index in [9.17, 15) is 0 Å². The molecule has 58 heavy (non-hydrogen) atoms. The molecule has 0 fully saturated rings. The molecule has 4 nitrogen and oxygen atoms in total. The SMILES string of the molecule is C=C(/N=C(\N=C(/C)c1cc(-c2ccc3ccc4ccc(-c5ccccc5)nc4c3n2)cc(-c2cccc3c2CC2=C3CCCC2)c1)c1ccccc1)c1ccccc1. The minimum absolute atomic E-state index is 0.618. The van der Waals surface area contributed by atoms with E-state index in [1.54, 1.807) is 11.1 Å². The summed E-state index contributed by atoms with van der Waals surface area (Å²) in [6.07, 6.45) is 5.95. The van der Waals surface area contributed by atoms with Crippen LogP contribution < -0.4 is 0 Å². The summed E-state index contributed by atoms with van der Waals surface area (Å²) in [7, 11) is 0. The molecular weight excluding hydrogens is 705 g/mol. The molecule has 6 aromatic carbocycles. The molecular formula is C54H42N4. The highest BCUT2D eigenvalue weighted by molar-refractivity contribution is 6.13. The molecule has 0 aliphatic heterocycles. The van der Waals surface area contributed by atoms with E-state index in [0.717, 1.165) is 78.7 Å². The van der Waals surface area contributed by atoms with Gasteiger partial charge in [-0.05, 0) is 108 Å². The Morgan fingerprint density at radius 2 is 1.10 bits per heavy atom. The van der Waals surface area contributed by atoms with Gasteiger partial charge in [-0.15, -0.1) is 0 Å². The molecule has 0 radical (unpaired) electrons. The van der Waals surface area contributed by atoms with Crippen molar-refractivity contribution in [1.82, 2.24) is 9.97 Å². The number of nitrogens with zero attached hydrogens (tertiary/aromatic N) is 4. The van der Waals surface area contributed by atoms with E-state index in [4.69, 9.17) is 20.0 Å². The van der Waals surface area contributed by atoms with Gasteiger partial charge in [-0.1, -0.05) is 146 Å². The number of hydrogen-bond donors (Lipinski definition) is 0. The van der Waals surface area contributed by atoms with Crippen LogP contribution in [0.1, 0.15) is 60.4 Å². The molecule has 0 bridgehead atoms. The molecule has 10 rings (SSSR count). The average molecular weight is 747 g/mol. The summed E-state index contributed by atoms with van der Waals surface area (Å²) in [5, 5.41) is 2.12. The van der Waals surface area contributed by atoms with Crippen LogP contribution in [-0.2, 0) is 6.42 Å². The van der Waals surface area contributed by atoms with E-state index in [1.165, 1.54) is 42.4 Å². The van der Waals surface area contributed by atoms with Gasteiger partial charge >= 0.3 is 0 Å². The molecule has 0 spiro atoms. The van der Waals surface area contributed by atoms with Crippen molar-refractivity contribution in [2.24, 2.45) is 9.98 Å². The van der Waals surface area contributed by atoms with Gasteiger partial charge in [0.1, 0.15) is 0 Å². The number of allylic oxidation sites excluding steroid dienone is 2. The highest BCUT2D eigenvalue weighted by Gasteiger charge is 2.26. The van der Waals surface area contributed by atoms with Crippen molar-refractivity contribution in [3.8, 4) is 33.6 Å². The second-order valence-corrected chi connectivity index (χ2v) is 15.4. The second kappa shape index (κ2) is 15.1. The number of pyridine rings is 2. The van der Waals surface area contributed by atoms with Crippen molar-refractivity contribution in [3.05, 3.63) is 204 Å². The van der Waals surface area contributed by atoms with Crippen molar-refractivity contribution in [1.29, 1.82) is 0 Å². The molecule has 278 valence electrons. The average Bonchev–Trinajstić information content (AvgIpc) is 3.68. The standard InChI is InChI=1S/C54H42N4/c1-35(37-15-6-3-7-16-37)55-54(41-19-10-5-11-20-41)56-36(2)43-31-44(47-23-14-24-48-46-22-13-12-21-42(46)34-49(47)48)33-45(32-43)51-30-28-40-26-25-39-27-29-50(38-17-8-4-9-18-38)57-52(39)53(40)58-51/h3-11,14-20,23-33H,1,12-13,21-22,34H2,2H3/b55-54-,56-36+. The van der Waals surface area contributed by atoms with Crippen LogP contribution in [0, 0.1) is 0 Å². The van der Waals surface area contributed by atoms with Gasteiger partial charge in [0.25, 0.3) is 0 Å². The molecule has 0 saturated heterocycles. The Morgan fingerprint density at radius 3 is 1.81 bits per heavy atom. The monoisotopic (exact) mass is 746 g/mol. The number of amidine groups is 1. The number of hydrogen-bond acceptors (Lipinski definition) is 3. The highest BCUT2D eigenvalue weighted by atomic mass is 14.9. The molecule has 2 aliphatic carbocycles. The maximum Gasteiger partial charge on any atom is 0.160 e. The lowest BCUT2D eigenvalue weighted by Crippen LogP contribution is -2.05. The summed E-state index contributed by atoms with van der Waals surface area (Å²) in [6.45, 7) is 6.42. The maximum atomic E-state index is 5.41. The summed E-state index contributed by atoms with van der Waals surface area (Å²) < 4.78 is 0. The molecule has 4 heteroatoms. The quantitative estimate of drug-likeness (QED) is 0.0926. The molecule has 2 aliphatic rings. The summed E-state index contributed by atoms with van der Waals surface area (Å²) in [6, 6.07) is 57.2. The third-order valence-electron chi connectivity index (χ3n) is 11.7. The molecule has 0 N–H and O–H groups in total. The van der Waals surface area contributed by atoms with Crippen molar-refractivity contribution in [2.45, 2.75) is 39.0 Å². The predicted octanol–water partition coefficient (Wildman–Crippen LogP) is 13.6. The molecule has 2 aromatic heterocycles. The van der Waals surface area contributed by atoms with Crippen molar-refractivity contribution >= 4 is 44.6 Å². The van der Waals surface area contributed by atoms with Crippen molar-refractivity contribution in [2.75, 3.05) is 0 Å². The Balaban J connectivity index is 1.14. The lowest BCUT2D eigenvalue weighted by Gasteiger charge is -2.15. The van der Waals surface area contributed by atoms with Crippen LogP contribution in [0.15, 0.2) is 186 Å². The first-order valence-electron chi connectivity index (χ1n) is 20.2. The molecule has 8 aromatic rings. The highest BCUT2D eigenvalue weighted by Crippen LogP contribution is 2.45. The van der Waals surface area contributed by atoms with Gasteiger partial charge in [0, 0.05) is 33.2 Å². The summed E-state index contributed by atoms with van der Waals surface area (Å²) in [4.78, 5) is 20.9. The van der Waals surface area contributed by atoms with Crippen molar-refractivity contribution < 1.29 is 0 Å². The number of aliphatic imine (C=N–C) groups is 2. The topological polar surface area (TPSA) is 50.5 Å².